The molecule has 2 N–H and O–H groups in total. The lowest BCUT2D eigenvalue weighted by molar-refractivity contribution is -0.0784. The first kappa shape index (κ1) is 30.4. The molecule has 0 amide bonds. The van der Waals surface area contributed by atoms with Crippen molar-refractivity contribution >= 4 is 32.6 Å². The molecule has 0 bridgehead atoms. The molecular weight excluding hydrogens is 580 g/mol. The Morgan fingerprint density at radius 1 is 1.12 bits per heavy atom. The Labute approximate surface area is 248 Å². The lowest BCUT2D eigenvalue weighted by Crippen LogP contribution is -2.36. The molecule has 0 radical (unpaired) electrons. The standard InChI is InChI=1S/C30H33F2N5O5S/c1-17-22-10-19(12-25(27(22)36-29(33-4)35-17)41-16-18-8-9-42-30(2,3)14-18)20-11-24(28(40-5)34-15-20)37-43(38,39)26-7-6-21(31)13-23(26)32/h6-7,10-13,15,18,37H,8-9,14,16H2,1-5H3,(H,33,35,36). The Balaban J connectivity index is 1.55. The highest BCUT2D eigenvalue weighted by Gasteiger charge is 2.29. The van der Waals surface area contributed by atoms with Crippen LogP contribution in [-0.2, 0) is 14.8 Å². The minimum Gasteiger partial charge on any atom is -0.491 e. The van der Waals surface area contributed by atoms with Gasteiger partial charge < -0.3 is 19.5 Å². The van der Waals surface area contributed by atoms with E-state index in [2.05, 4.69) is 38.8 Å². The Morgan fingerprint density at radius 2 is 1.91 bits per heavy atom. The maximum atomic E-state index is 14.4. The van der Waals surface area contributed by atoms with Gasteiger partial charge in [-0.3, -0.25) is 4.72 Å². The summed E-state index contributed by atoms with van der Waals surface area (Å²) in [6.07, 6.45) is 3.25. The van der Waals surface area contributed by atoms with Crippen LogP contribution in [0, 0.1) is 24.5 Å². The van der Waals surface area contributed by atoms with E-state index in [4.69, 9.17) is 14.2 Å². The van der Waals surface area contributed by atoms with Crippen molar-refractivity contribution < 1.29 is 31.4 Å². The molecule has 10 nitrogen and oxygen atoms in total. The van der Waals surface area contributed by atoms with Gasteiger partial charge in [0.25, 0.3) is 10.0 Å². The van der Waals surface area contributed by atoms with E-state index < -0.39 is 26.6 Å². The number of hydrogen-bond acceptors (Lipinski definition) is 9. The number of fused-ring (bicyclic) bond motifs is 1. The molecule has 1 fully saturated rings. The largest absolute Gasteiger partial charge is 0.491 e. The number of rotatable bonds is 9. The van der Waals surface area contributed by atoms with Gasteiger partial charge in [-0.2, -0.15) is 0 Å². The highest BCUT2D eigenvalue weighted by molar-refractivity contribution is 7.92. The maximum Gasteiger partial charge on any atom is 0.264 e. The number of nitrogens with zero attached hydrogens (tertiary/aromatic N) is 3. The number of ether oxygens (including phenoxy) is 3. The van der Waals surface area contributed by atoms with E-state index in [1.807, 2.05) is 19.1 Å². The summed E-state index contributed by atoms with van der Waals surface area (Å²) in [4.78, 5) is 12.8. The van der Waals surface area contributed by atoms with Crippen LogP contribution < -0.4 is 19.5 Å². The first-order valence-corrected chi connectivity index (χ1v) is 15.2. The molecule has 228 valence electrons. The van der Waals surface area contributed by atoms with Gasteiger partial charge in [-0.15, -0.1) is 0 Å². The molecule has 1 atom stereocenters. The summed E-state index contributed by atoms with van der Waals surface area (Å²) in [6.45, 7) is 7.11. The first-order chi connectivity index (χ1) is 20.4. The summed E-state index contributed by atoms with van der Waals surface area (Å²) in [6, 6.07) is 7.43. The van der Waals surface area contributed by atoms with Gasteiger partial charge in [-0.1, -0.05) is 0 Å². The predicted molar refractivity (Wildman–Crippen MR) is 159 cm³/mol. The molecule has 2 aromatic carbocycles. The second-order valence-corrected chi connectivity index (χ2v) is 12.6. The van der Waals surface area contributed by atoms with Gasteiger partial charge >= 0.3 is 0 Å². The second kappa shape index (κ2) is 11.9. The molecule has 5 rings (SSSR count). The molecule has 4 aromatic rings. The fourth-order valence-corrected chi connectivity index (χ4v) is 6.29. The number of hydrogen-bond donors (Lipinski definition) is 2. The van der Waals surface area contributed by atoms with Gasteiger partial charge in [0, 0.05) is 36.9 Å². The van der Waals surface area contributed by atoms with Crippen molar-refractivity contribution in [1.29, 1.82) is 0 Å². The van der Waals surface area contributed by atoms with Crippen LogP contribution >= 0.6 is 0 Å². The van der Waals surface area contributed by atoms with Gasteiger partial charge in [0.2, 0.25) is 11.8 Å². The lowest BCUT2D eigenvalue weighted by atomic mass is 9.89. The Hall–Kier alpha value is -4.10. The van der Waals surface area contributed by atoms with Crippen LogP contribution in [0.1, 0.15) is 32.4 Å². The maximum absolute atomic E-state index is 14.4. The van der Waals surface area contributed by atoms with E-state index in [0.717, 1.165) is 30.4 Å². The molecule has 1 saturated heterocycles. The first-order valence-electron chi connectivity index (χ1n) is 13.7. The van der Waals surface area contributed by atoms with Gasteiger partial charge in [0.15, 0.2) is 0 Å². The van der Waals surface area contributed by atoms with Crippen molar-refractivity contribution in [1.82, 2.24) is 15.0 Å². The van der Waals surface area contributed by atoms with Crippen molar-refractivity contribution in [2.24, 2.45) is 5.92 Å². The number of aromatic nitrogens is 3. The van der Waals surface area contributed by atoms with Crippen molar-refractivity contribution in [3.05, 3.63) is 59.9 Å². The van der Waals surface area contributed by atoms with Crippen LogP contribution in [-0.4, -0.2) is 56.3 Å². The summed E-state index contributed by atoms with van der Waals surface area (Å²) >= 11 is 0. The van der Waals surface area contributed by atoms with E-state index >= 15 is 0 Å². The van der Waals surface area contributed by atoms with Crippen LogP contribution in [0.4, 0.5) is 20.4 Å². The minimum absolute atomic E-state index is 0.0331. The Bertz CT molecular complexity index is 1790. The van der Waals surface area contributed by atoms with Crippen molar-refractivity contribution in [2.75, 3.05) is 37.4 Å². The minimum atomic E-state index is -4.45. The average molecular weight is 614 g/mol. The van der Waals surface area contributed by atoms with E-state index in [1.165, 1.54) is 19.4 Å². The number of methoxy groups -OCH3 is 1. The quantitative estimate of drug-likeness (QED) is 0.244. The van der Waals surface area contributed by atoms with Crippen molar-refractivity contribution in [3.8, 4) is 22.8 Å². The normalized spacial score (nSPS) is 16.6. The third kappa shape index (κ3) is 6.62. The summed E-state index contributed by atoms with van der Waals surface area (Å²) in [5.74, 6) is -0.891. The molecule has 13 heteroatoms. The highest BCUT2D eigenvalue weighted by atomic mass is 32.2. The molecule has 0 aliphatic carbocycles. The fourth-order valence-electron chi connectivity index (χ4n) is 5.18. The number of benzene rings is 2. The summed E-state index contributed by atoms with van der Waals surface area (Å²) < 4.78 is 73.8. The van der Waals surface area contributed by atoms with E-state index in [-0.39, 0.29) is 23.1 Å². The number of halogens is 2. The monoisotopic (exact) mass is 613 g/mol. The zero-order valence-corrected chi connectivity index (χ0v) is 25.3. The van der Waals surface area contributed by atoms with Gasteiger partial charge in [-0.05, 0) is 75.4 Å². The topological polar surface area (TPSA) is 125 Å². The third-order valence-electron chi connectivity index (χ3n) is 7.26. The Morgan fingerprint density at radius 3 is 2.60 bits per heavy atom. The molecule has 1 aliphatic heterocycles. The zero-order chi connectivity index (χ0) is 30.9. The Kier molecular flexibility index (Phi) is 8.39. The van der Waals surface area contributed by atoms with Crippen LogP contribution in [0.2, 0.25) is 0 Å². The van der Waals surface area contributed by atoms with E-state index in [0.29, 0.717) is 53.3 Å². The molecule has 43 heavy (non-hydrogen) atoms. The predicted octanol–water partition coefficient (Wildman–Crippen LogP) is 5.71. The summed E-state index contributed by atoms with van der Waals surface area (Å²) in [5.41, 5.74) is 2.25. The van der Waals surface area contributed by atoms with Gasteiger partial charge in [0.05, 0.1) is 25.0 Å². The van der Waals surface area contributed by atoms with Gasteiger partial charge in [0.1, 0.15) is 33.5 Å². The molecular formula is C30H33F2N5O5S. The molecule has 1 aliphatic rings. The smallest absolute Gasteiger partial charge is 0.264 e. The average Bonchev–Trinajstić information content (AvgIpc) is 2.95. The highest BCUT2D eigenvalue weighted by Crippen LogP contribution is 2.37. The lowest BCUT2D eigenvalue weighted by Gasteiger charge is -2.35. The van der Waals surface area contributed by atoms with Crippen LogP contribution in [0.25, 0.3) is 22.0 Å². The van der Waals surface area contributed by atoms with Crippen molar-refractivity contribution in [3.63, 3.8) is 0 Å². The third-order valence-corrected chi connectivity index (χ3v) is 8.66. The number of aryl methyl sites for hydroxylation is 1. The van der Waals surface area contributed by atoms with E-state index in [9.17, 15) is 17.2 Å². The zero-order valence-electron chi connectivity index (χ0n) is 24.5. The molecule has 1 unspecified atom stereocenters. The number of anilines is 2. The second-order valence-electron chi connectivity index (χ2n) is 11.0. The number of pyridine rings is 1. The summed E-state index contributed by atoms with van der Waals surface area (Å²) in [7, 11) is -1.38. The van der Waals surface area contributed by atoms with Gasteiger partial charge in [-0.25, -0.2) is 32.2 Å². The SMILES string of the molecule is CNc1nc(C)c2cc(-c3cnc(OC)c(NS(=O)(=O)c4ccc(F)cc4F)c3)cc(OCC3CCOC(C)(C)C3)c2n1. The summed E-state index contributed by atoms with van der Waals surface area (Å²) in [5, 5.41) is 3.72. The molecule has 0 saturated carbocycles. The number of nitrogens with one attached hydrogen (secondary N) is 2. The van der Waals surface area contributed by atoms with Crippen LogP contribution in [0.5, 0.6) is 11.6 Å². The molecule has 0 spiro atoms. The van der Waals surface area contributed by atoms with Crippen LogP contribution in [0.3, 0.4) is 0 Å². The molecule has 2 aromatic heterocycles. The van der Waals surface area contributed by atoms with Crippen molar-refractivity contribution in [2.45, 2.75) is 44.1 Å². The van der Waals surface area contributed by atoms with E-state index in [1.54, 1.807) is 7.05 Å². The number of sulfonamides is 1. The fraction of sp³-hybridized carbons (Fsp3) is 0.367. The molecule has 3 heterocycles. The van der Waals surface area contributed by atoms with Crippen LogP contribution in [0.15, 0.2) is 47.5 Å².